The lowest BCUT2D eigenvalue weighted by Crippen LogP contribution is -2.27. The van der Waals surface area contributed by atoms with E-state index in [-0.39, 0.29) is 17.3 Å². The van der Waals surface area contributed by atoms with Crippen LogP contribution in [0.1, 0.15) is 13.3 Å². The maximum Gasteiger partial charge on any atom is 0.272 e. The Morgan fingerprint density at radius 2 is 2.29 bits per heavy atom. The van der Waals surface area contributed by atoms with Crippen LogP contribution in [0, 0.1) is 15.9 Å². The van der Waals surface area contributed by atoms with E-state index in [0.717, 1.165) is 30.3 Å². The van der Waals surface area contributed by atoms with Crippen molar-refractivity contribution in [2.45, 2.75) is 13.3 Å². The molecule has 0 saturated carbocycles. The first-order valence-corrected chi connectivity index (χ1v) is 6.26. The van der Waals surface area contributed by atoms with E-state index in [1.54, 1.807) is 5.01 Å². The van der Waals surface area contributed by atoms with Gasteiger partial charge in [-0.1, -0.05) is 0 Å². The number of nitro groups is 1. The Morgan fingerprint density at radius 1 is 1.48 bits per heavy atom. The standard InChI is InChI=1S/C13H11FN4O3/c1-8-4-5-17-12(8)13(15-7-16-17)21-11-3-2-9(18(19)20)6-10(11)14/h2-3,6-7H,4-5H2,1H3. The summed E-state index contributed by atoms with van der Waals surface area (Å²) in [6, 6.07) is 3.22. The Labute approximate surface area is 119 Å². The summed E-state index contributed by atoms with van der Waals surface area (Å²) in [5.41, 5.74) is 1.44. The fraction of sp³-hybridized carbons (Fsp3) is 0.231. The van der Waals surface area contributed by atoms with Crippen LogP contribution in [0.2, 0.25) is 0 Å². The first-order chi connectivity index (χ1) is 10.1. The quantitative estimate of drug-likeness (QED) is 0.619. The van der Waals surface area contributed by atoms with Gasteiger partial charge >= 0.3 is 0 Å². The SMILES string of the molecule is CC1=C2C(Oc3ccc([N+](=O)[O-])cc3F)=NC=NN2CC1. The smallest absolute Gasteiger partial charge is 0.272 e. The normalized spacial score (nSPS) is 16.9. The van der Waals surface area contributed by atoms with Gasteiger partial charge in [0.15, 0.2) is 11.6 Å². The second-order valence-electron chi connectivity index (χ2n) is 4.64. The molecule has 0 fully saturated rings. The molecular formula is C13H11FN4O3. The summed E-state index contributed by atoms with van der Waals surface area (Å²) >= 11 is 0. The third-order valence-corrected chi connectivity index (χ3v) is 3.26. The Kier molecular flexibility index (Phi) is 3.13. The van der Waals surface area contributed by atoms with Crippen LogP contribution >= 0.6 is 0 Å². The van der Waals surface area contributed by atoms with Crippen molar-refractivity contribution >= 4 is 17.9 Å². The Hall–Kier alpha value is -2.77. The van der Waals surface area contributed by atoms with E-state index in [4.69, 9.17) is 4.74 Å². The van der Waals surface area contributed by atoms with Gasteiger partial charge in [0, 0.05) is 12.6 Å². The average molecular weight is 290 g/mol. The molecule has 1 aromatic rings. The van der Waals surface area contributed by atoms with Crippen molar-refractivity contribution in [3.05, 3.63) is 45.4 Å². The summed E-state index contributed by atoms with van der Waals surface area (Å²) in [4.78, 5) is 13.9. The van der Waals surface area contributed by atoms with Crippen molar-refractivity contribution in [2.75, 3.05) is 6.54 Å². The zero-order valence-electron chi connectivity index (χ0n) is 11.1. The van der Waals surface area contributed by atoms with Gasteiger partial charge in [0.25, 0.3) is 5.69 Å². The van der Waals surface area contributed by atoms with Crippen molar-refractivity contribution < 1.29 is 14.1 Å². The van der Waals surface area contributed by atoms with Gasteiger partial charge in [-0.25, -0.2) is 4.39 Å². The first kappa shape index (κ1) is 13.2. The van der Waals surface area contributed by atoms with E-state index < -0.39 is 10.7 Å². The lowest BCUT2D eigenvalue weighted by molar-refractivity contribution is -0.385. The van der Waals surface area contributed by atoms with Crippen LogP contribution in [0.5, 0.6) is 5.75 Å². The molecule has 3 rings (SSSR count). The lowest BCUT2D eigenvalue weighted by atomic mass is 10.2. The number of hydrogen-bond donors (Lipinski definition) is 0. The zero-order chi connectivity index (χ0) is 15.0. The highest BCUT2D eigenvalue weighted by molar-refractivity contribution is 6.01. The van der Waals surface area contributed by atoms with Crippen molar-refractivity contribution in [1.29, 1.82) is 0 Å². The summed E-state index contributed by atoms with van der Waals surface area (Å²) < 4.78 is 19.3. The predicted molar refractivity (Wildman–Crippen MR) is 73.6 cm³/mol. The maximum absolute atomic E-state index is 13.9. The number of benzene rings is 1. The summed E-state index contributed by atoms with van der Waals surface area (Å²) in [7, 11) is 0. The Morgan fingerprint density at radius 3 is 3.00 bits per heavy atom. The summed E-state index contributed by atoms with van der Waals surface area (Å²) in [6.07, 6.45) is 2.17. The zero-order valence-corrected chi connectivity index (χ0v) is 11.1. The molecule has 0 atom stereocenters. The molecule has 0 N–H and O–H groups in total. The number of hydrazone groups is 1. The molecule has 108 valence electrons. The first-order valence-electron chi connectivity index (χ1n) is 6.26. The molecule has 2 heterocycles. The number of fused-ring (bicyclic) bond motifs is 1. The molecule has 0 bridgehead atoms. The molecule has 21 heavy (non-hydrogen) atoms. The van der Waals surface area contributed by atoms with Gasteiger partial charge in [0.05, 0.1) is 11.0 Å². The van der Waals surface area contributed by atoms with E-state index in [1.165, 1.54) is 18.5 Å². The van der Waals surface area contributed by atoms with E-state index in [1.807, 2.05) is 6.92 Å². The van der Waals surface area contributed by atoms with Crippen LogP contribution in [-0.2, 0) is 0 Å². The molecule has 2 aliphatic heterocycles. The minimum atomic E-state index is -0.808. The number of nitrogens with zero attached hydrogens (tertiary/aromatic N) is 4. The van der Waals surface area contributed by atoms with E-state index in [0.29, 0.717) is 0 Å². The highest BCUT2D eigenvalue weighted by Crippen LogP contribution is 2.29. The van der Waals surface area contributed by atoms with E-state index >= 15 is 0 Å². The van der Waals surface area contributed by atoms with Crippen molar-refractivity contribution in [3.8, 4) is 5.75 Å². The average Bonchev–Trinajstić information content (AvgIpc) is 2.83. The van der Waals surface area contributed by atoms with Crippen molar-refractivity contribution in [2.24, 2.45) is 10.1 Å². The number of non-ortho nitro benzene ring substituents is 1. The lowest BCUT2D eigenvalue weighted by Gasteiger charge is -2.20. The Bertz CT molecular complexity index is 711. The topological polar surface area (TPSA) is 80.3 Å². The minimum Gasteiger partial charge on any atom is -0.434 e. The van der Waals surface area contributed by atoms with Gasteiger partial charge in [0.1, 0.15) is 12.0 Å². The van der Waals surface area contributed by atoms with E-state index in [9.17, 15) is 14.5 Å². The van der Waals surface area contributed by atoms with Gasteiger partial charge in [-0.3, -0.25) is 15.1 Å². The number of nitro benzene ring substituents is 1. The largest absolute Gasteiger partial charge is 0.434 e. The maximum atomic E-state index is 13.9. The highest BCUT2D eigenvalue weighted by Gasteiger charge is 2.28. The third kappa shape index (κ3) is 2.35. The van der Waals surface area contributed by atoms with Crippen LogP contribution in [0.3, 0.4) is 0 Å². The van der Waals surface area contributed by atoms with Crippen molar-refractivity contribution in [1.82, 2.24) is 5.01 Å². The molecule has 0 unspecified atom stereocenters. The number of aliphatic imine (C=N–C) groups is 1. The van der Waals surface area contributed by atoms with E-state index in [2.05, 4.69) is 10.1 Å². The van der Waals surface area contributed by atoms with Gasteiger partial charge in [-0.15, -0.1) is 0 Å². The number of ether oxygens (including phenoxy) is 1. The molecule has 7 nitrogen and oxygen atoms in total. The summed E-state index contributed by atoms with van der Waals surface area (Å²) in [5.74, 6) is -0.674. The summed E-state index contributed by atoms with van der Waals surface area (Å²) in [5, 5.41) is 16.4. The summed E-state index contributed by atoms with van der Waals surface area (Å²) in [6.45, 7) is 2.66. The molecule has 0 aromatic heterocycles. The van der Waals surface area contributed by atoms with Gasteiger partial charge < -0.3 is 4.74 Å². The van der Waals surface area contributed by atoms with Crippen LogP contribution in [-0.4, -0.2) is 28.7 Å². The molecular weight excluding hydrogens is 279 g/mol. The second-order valence-corrected chi connectivity index (χ2v) is 4.64. The van der Waals surface area contributed by atoms with Crippen LogP contribution in [0.25, 0.3) is 0 Å². The fourth-order valence-corrected chi connectivity index (χ4v) is 2.20. The fourth-order valence-electron chi connectivity index (χ4n) is 2.20. The van der Waals surface area contributed by atoms with Gasteiger partial charge in [-0.2, -0.15) is 10.1 Å². The van der Waals surface area contributed by atoms with Crippen LogP contribution < -0.4 is 4.74 Å². The highest BCUT2D eigenvalue weighted by atomic mass is 19.1. The molecule has 0 saturated heterocycles. The molecule has 0 radical (unpaired) electrons. The van der Waals surface area contributed by atoms with Crippen LogP contribution in [0.4, 0.5) is 10.1 Å². The number of halogens is 1. The minimum absolute atomic E-state index is 0.109. The molecule has 2 aliphatic rings. The third-order valence-electron chi connectivity index (χ3n) is 3.26. The predicted octanol–water partition coefficient (Wildman–Crippen LogP) is 2.45. The molecule has 1 aromatic carbocycles. The Balaban J connectivity index is 1.90. The monoisotopic (exact) mass is 290 g/mol. The number of hydrogen-bond acceptors (Lipinski definition) is 6. The molecule has 0 aliphatic carbocycles. The molecule has 0 amide bonds. The number of rotatable bonds is 2. The van der Waals surface area contributed by atoms with Crippen LogP contribution in [0.15, 0.2) is 39.6 Å². The van der Waals surface area contributed by atoms with Gasteiger partial charge in [-0.05, 0) is 25.0 Å². The van der Waals surface area contributed by atoms with Gasteiger partial charge in [0.2, 0.25) is 5.90 Å². The molecule has 0 spiro atoms. The molecule has 8 heteroatoms. The second kappa shape index (κ2) is 4.97. The van der Waals surface area contributed by atoms with Crippen molar-refractivity contribution in [3.63, 3.8) is 0 Å².